The number of anilines is 1. The number of halogens is 6. The lowest BCUT2D eigenvalue weighted by Gasteiger charge is -2.17. The number of nitrogens with zero attached hydrogens (tertiary/aromatic N) is 2. The molecule has 0 aliphatic carbocycles. The largest absolute Gasteiger partial charge is 0.490 e. The first-order valence-corrected chi connectivity index (χ1v) is 12.5. The molecule has 42 heavy (non-hydrogen) atoms. The van der Waals surface area contributed by atoms with E-state index in [1.165, 1.54) is 16.9 Å². The molecule has 2 atom stereocenters. The van der Waals surface area contributed by atoms with Crippen LogP contribution in [0.1, 0.15) is 11.5 Å². The van der Waals surface area contributed by atoms with Crippen LogP contribution in [0.15, 0.2) is 60.9 Å². The summed E-state index contributed by atoms with van der Waals surface area (Å²) in [4.78, 5) is 35.3. The van der Waals surface area contributed by atoms with Crippen LogP contribution in [0, 0.1) is 5.92 Å². The summed E-state index contributed by atoms with van der Waals surface area (Å²) in [6.07, 6.45) is -6.51. The maximum absolute atomic E-state index is 12.9. The minimum Gasteiger partial charge on any atom is -0.475 e. The van der Waals surface area contributed by atoms with Crippen LogP contribution in [0.5, 0.6) is 0 Å². The van der Waals surface area contributed by atoms with Crippen molar-refractivity contribution in [3.05, 3.63) is 66.5 Å². The van der Waals surface area contributed by atoms with Gasteiger partial charge in [0.05, 0.1) is 22.3 Å². The lowest BCUT2D eigenvalue weighted by molar-refractivity contribution is -0.193. The second-order valence-corrected chi connectivity index (χ2v) is 9.60. The van der Waals surface area contributed by atoms with Crippen molar-refractivity contribution in [2.24, 2.45) is 5.92 Å². The number of carbonyl (C=O) groups excluding carboxylic acids is 1. The number of amides is 1. The number of thiazole rings is 1. The van der Waals surface area contributed by atoms with E-state index in [0.717, 1.165) is 27.9 Å². The Bertz CT molecular complexity index is 1490. The molecule has 0 saturated carbocycles. The molecular formula is C25H21F6N5O5S. The molecule has 2 unspecified atom stereocenters. The molecule has 0 spiro atoms. The van der Waals surface area contributed by atoms with Gasteiger partial charge in [0.15, 0.2) is 5.13 Å². The van der Waals surface area contributed by atoms with E-state index < -0.39 is 24.3 Å². The van der Waals surface area contributed by atoms with Crippen molar-refractivity contribution in [2.45, 2.75) is 18.3 Å². The number of fused-ring (bicyclic) bond motifs is 1. The molecule has 4 aromatic rings. The summed E-state index contributed by atoms with van der Waals surface area (Å²) in [7, 11) is 0. The number of aliphatic carboxylic acids is 2. The molecule has 0 radical (unpaired) electrons. The Morgan fingerprint density at radius 1 is 0.905 bits per heavy atom. The lowest BCUT2D eigenvalue weighted by Crippen LogP contribution is -2.28. The van der Waals surface area contributed by atoms with E-state index in [4.69, 9.17) is 19.8 Å². The molecule has 5 rings (SSSR count). The molecule has 1 aliphatic heterocycles. The Labute approximate surface area is 236 Å². The zero-order chi connectivity index (χ0) is 31.1. The van der Waals surface area contributed by atoms with E-state index >= 15 is 0 Å². The van der Waals surface area contributed by atoms with Crippen LogP contribution < -0.4 is 10.6 Å². The van der Waals surface area contributed by atoms with Crippen LogP contribution in [-0.4, -0.2) is 68.7 Å². The SMILES string of the molecule is O=C(Nc1nc2ccc(-c3cn[nH]c3)cc2s1)C1CNCC1c1ccccc1.O=C(O)C(F)(F)F.O=C(O)C(F)(F)F. The number of nitrogens with one attached hydrogen (secondary N) is 3. The van der Waals surface area contributed by atoms with Gasteiger partial charge >= 0.3 is 24.3 Å². The Balaban J connectivity index is 0.000000289. The highest BCUT2D eigenvalue weighted by Gasteiger charge is 2.39. The van der Waals surface area contributed by atoms with E-state index in [1.807, 2.05) is 36.5 Å². The van der Waals surface area contributed by atoms with Crippen LogP contribution in [0.4, 0.5) is 31.5 Å². The molecule has 1 saturated heterocycles. The highest BCUT2D eigenvalue weighted by Crippen LogP contribution is 2.33. The second-order valence-electron chi connectivity index (χ2n) is 8.57. The third-order valence-electron chi connectivity index (χ3n) is 5.71. The summed E-state index contributed by atoms with van der Waals surface area (Å²) >= 11 is 1.50. The maximum Gasteiger partial charge on any atom is 0.490 e. The van der Waals surface area contributed by atoms with Crippen LogP contribution in [-0.2, 0) is 14.4 Å². The fourth-order valence-corrected chi connectivity index (χ4v) is 4.68. The smallest absolute Gasteiger partial charge is 0.475 e. The molecule has 3 heterocycles. The molecule has 5 N–H and O–H groups in total. The van der Waals surface area contributed by atoms with Crippen molar-refractivity contribution in [1.82, 2.24) is 20.5 Å². The first-order chi connectivity index (χ1) is 19.7. The van der Waals surface area contributed by atoms with Crippen LogP contribution >= 0.6 is 11.3 Å². The summed E-state index contributed by atoms with van der Waals surface area (Å²) < 4.78 is 64.5. The van der Waals surface area contributed by atoms with Gasteiger partial charge in [0.1, 0.15) is 0 Å². The molecular weight excluding hydrogens is 596 g/mol. The van der Waals surface area contributed by atoms with Crippen LogP contribution in [0.25, 0.3) is 21.3 Å². The van der Waals surface area contributed by atoms with E-state index in [0.29, 0.717) is 11.7 Å². The van der Waals surface area contributed by atoms with Gasteiger partial charge in [0, 0.05) is 30.8 Å². The molecule has 1 amide bonds. The number of aromatic nitrogens is 3. The van der Waals surface area contributed by atoms with Crippen molar-refractivity contribution < 1.29 is 50.9 Å². The topological polar surface area (TPSA) is 157 Å². The van der Waals surface area contributed by atoms with Gasteiger partial charge in [-0.05, 0) is 23.3 Å². The number of aromatic amines is 1. The standard InChI is InChI=1S/C21H19N5OS.2C2HF3O2/c27-20(17-12-22-11-16(17)13-4-2-1-3-5-13)26-21-25-18-7-6-14(8-19(18)28-21)15-9-23-24-10-15;2*3-2(4,5)1(6)7/h1-10,16-17,22H,11-12H2,(H,23,24)(H,25,26,27);2*(H,6,7). The number of rotatable bonds is 4. The minimum absolute atomic E-state index is 0.0213. The molecule has 0 bridgehead atoms. The van der Waals surface area contributed by atoms with Crippen molar-refractivity contribution in [1.29, 1.82) is 0 Å². The van der Waals surface area contributed by atoms with E-state index in [2.05, 4.69) is 44.0 Å². The monoisotopic (exact) mass is 617 g/mol. The fourth-order valence-electron chi connectivity index (χ4n) is 3.77. The van der Waals surface area contributed by atoms with Crippen LogP contribution in [0.2, 0.25) is 0 Å². The third kappa shape index (κ3) is 8.74. The third-order valence-corrected chi connectivity index (χ3v) is 6.65. The van der Waals surface area contributed by atoms with Gasteiger partial charge in [-0.15, -0.1) is 0 Å². The van der Waals surface area contributed by atoms with Gasteiger partial charge in [0.25, 0.3) is 0 Å². The summed E-state index contributed by atoms with van der Waals surface area (Å²) in [6.45, 7) is 1.50. The van der Waals surface area contributed by atoms with Crippen molar-refractivity contribution >= 4 is 44.5 Å². The summed E-state index contributed by atoms with van der Waals surface area (Å²) in [5.74, 6) is -5.41. The highest BCUT2D eigenvalue weighted by molar-refractivity contribution is 7.22. The number of H-pyrrole nitrogens is 1. The molecule has 1 aliphatic rings. The van der Waals surface area contributed by atoms with Gasteiger partial charge in [-0.3, -0.25) is 9.89 Å². The van der Waals surface area contributed by atoms with E-state index in [9.17, 15) is 31.1 Å². The van der Waals surface area contributed by atoms with Gasteiger partial charge in [-0.25, -0.2) is 14.6 Å². The molecule has 17 heteroatoms. The van der Waals surface area contributed by atoms with Crippen LogP contribution in [0.3, 0.4) is 0 Å². The first kappa shape index (κ1) is 32.0. The summed E-state index contributed by atoms with van der Waals surface area (Å²) in [5, 5.41) is 28.1. The van der Waals surface area contributed by atoms with E-state index in [-0.39, 0.29) is 17.7 Å². The van der Waals surface area contributed by atoms with Gasteiger partial charge in [-0.1, -0.05) is 47.7 Å². The predicted octanol–water partition coefficient (Wildman–Crippen LogP) is 4.89. The number of carboxylic acid groups (broad SMARTS) is 2. The molecule has 2 aromatic carbocycles. The summed E-state index contributed by atoms with van der Waals surface area (Å²) in [6, 6.07) is 16.3. The normalized spacial score (nSPS) is 16.5. The number of alkyl halides is 6. The Kier molecular flexibility index (Phi) is 10.2. The van der Waals surface area contributed by atoms with E-state index in [1.54, 1.807) is 6.20 Å². The molecule has 2 aromatic heterocycles. The summed E-state index contributed by atoms with van der Waals surface area (Å²) in [5.41, 5.74) is 4.19. The van der Waals surface area contributed by atoms with Crippen molar-refractivity contribution in [3.63, 3.8) is 0 Å². The van der Waals surface area contributed by atoms with Gasteiger partial charge in [0.2, 0.25) is 5.91 Å². The average molecular weight is 618 g/mol. The fraction of sp³-hybridized carbons (Fsp3) is 0.240. The Morgan fingerprint density at radius 3 is 2.07 bits per heavy atom. The number of benzene rings is 2. The number of carboxylic acids is 2. The average Bonchev–Trinajstić information content (AvgIpc) is 3.69. The minimum atomic E-state index is -5.08. The zero-order valence-electron chi connectivity index (χ0n) is 21.0. The molecule has 1 fully saturated rings. The number of carbonyl (C=O) groups is 3. The second kappa shape index (κ2) is 13.4. The van der Waals surface area contributed by atoms with Gasteiger partial charge < -0.3 is 20.8 Å². The number of hydrogen-bond donors (Lipinski definition) is 5. The lowest BCUT2D eigenvalue weighted by atomic mass is 9.88. The Morgan fingerprint density at radius 2 is 1.52 bits per heavy atom. The predicted molar refractivity (Wildman–Crippen MR) is 139 cm³/mol. The van der Waals surface area contributed by atoms with Gasteiger partial charge in [-0.2, -0.15) is 31.4 Å². The molecule has 224 valence electrons. The number of hydrogen-bond acceptors (Lipinski definition) is 7. The van der Waals surface area contributed by atoms with Crippen molar-refractivity contribution in [2.75, 3.05) is 18.4 Å². The zero-order valence-corrected chi connectivity index (χ0v) is 21.8. The highest BCUT2D eigenvalue weighted by atomic mass is 32.1. The Hall–Kier alpha value is -4.51. The molecule has 10 nitrogen and oxygen atoms in total. The maximum atomic E-state index is 12.9. The quantitative estimate of drug-likeness (QED) is 0.203. The van der Waals surface area contributed by atoms with Crippen molar-refractivity contribution in [3.8, 4) is 11.1 Å². The first-order valence-electron chi connectivity index (χ1n) is 11.7.